The van der Waals surface area contributed by atoms with E-state index in [1.807, 2.05) is 0 Å². The number of benzene rings is 3. The Balaban J connectivity index is 1.91. The topological polar surface area (TPSA) is 85.3 Å². The number of methoxy groups -OCH3 is 3. The van der Waals surface area contributed by atoms with E-state index in [1.54, 1.807) is 42.5 Å². The Morgan fingerprint density at radius 2 is 1.50 bits per heavy atom. The molecule has 0 saturated carbocycles. The van der Waals surface area contributed by atoms with Crippen molar-refractivity contribution in [3.05, 3.63) is 94.6 Å². The zero-order valence-electron chi connectivity index (χ0n) is 20.7. The van der Waals surface area contributed by atoms with Crippen LogP contribution in [0.1, 0.15) is 28.3 Å². The standard InChI is InChI=1S/C28H24F3NO6/c1-36-19-12-10-17(11-13-19)24-23(25(33)22-20(37-2)8-5-9-21(22)38-3)26(34)27(35)32(24)15-16-6-4-7-18(14-16)28(29,30)31/h4-14,24,33H,15H2,1-3H3/b25-23+. The van der Waals surface area contributed by atoms with E-state index in [4.69, 9.17) is 14.2 Å². The van der Waals surface area contributed by atoms with Crippen LogP contribution in [0.2, 0.25) is 0 Å². The summed E-state index contributed by atoms with van der Waals surface area (Å²) in [5.41, 5.74) is -0.475. The maximum Gasteiger partial charge on any atom is 0.416 e. The number of alkyl halides is 3. The van der Waals surface area contributed by atoms with E-state index in [9.17, 15) is 27.9 Å². The van der Waals surface area contributed by atoms with Crippen LogP contribution in [0.25, 0.3) is 5.76 Å². The lowest BCUT2D eigenvalue weighted by atomic mass is 9.94. The van der Waals surface area contributed by atoms with E-state index in [-0.39, 0.29) is 34.7 Å². The maximum atomic E-state index is 13.4. The fourth-order valence-corrected chi connectivity index (χ4v) is 4.44. The summed E-state index contributed by atoms with van der Waals surface area (Å²) < 4.78 is 55.9. The average Bonchev–Trinajstić information content (AvgIpc) is 3.16. The molecule has 1 fully saturated rings. The van der Waals surface area contributed by atoms with Gasteiger partial charge in [-0.05, 0) is 47.5 Å². The molecule has 0 spiro atoms. The van der Waals surface area contributed by atoms with Crippen LogP contribution >= 0.6 is 0 Å². The van der Waals surface area contributed by atoms with Crippen LogP contribution in [0, 0.1) is 0 Å². The fourth-order valence-electron chi connectivity index (χ4n) is 4.44. The van der Waals surface area contributed by atoms with Crippen LogP contribution in [0.5, 0.6) is 17.2 Å². The van der Waals surface area contributed by atoms with Gasteiger partial charge in [0.25, 0.3) is 11.7 Å². The molecule has 4 rings (SSSR count). The van der Waals surface area contributed by atoms with Crippen molar-refractivity contribution in [2.24, 2.45) is 0 Å². The van der Waals surface area contributed by atoms with Gasteiger partial charge in [-0.3, -0.25) is 9.59 Å². The van der Waals surface area contributed by atoms with Gasteiger partial charge in [0.1, 0.15) is 28.6 Å². The Morgan fingerprint density at radius 1 is 0.895 bits per heavy atom. The number of halogens is 3. The number of rotatable bonds is 7. The minimum absolute atomic E-state index is 0.0630. The third kappa shape index (κ3) is 4.89. The minimum Gasteiger partial charge on any atom is -0.506 e. The molecule has 198 valence electrons. The minimum atomic E-state index is -4.58. The van der Waals surface area contributed by atoms with Gasteiger partial charge >= 0.3 is 6.18 Å². The van der Waals surface area contributed by atoms with Crippen molar-refractivity contribution < 1.29 is 42.1 Å². The second kappa shape index (κ2) is 10.5. The molecule has 0 bridgehead atoms. The smallest absolute Gasteiger partial charge is 0.416 e. The molecule has 1 heterocycles. The fraction of sp³-hybridized carbons (Fsp3) is 0.214. The lowest BCUT2D eigenvalue weighted by Gasteiger charge is -2.26. The molecule has 1 saturated heterocycles. The zero-order valence-corrected chi connectivity index (χ0v) is 20.7. The summed E-state index contributed by atoms with van der Waals surface area (Å²) in [5, 5.41) is 11.4. The van der Waals surface area contributed by atoms with Crippen LogP contribution in [-0.2, 0) is 22.3 Å². The molecule has 1 aliphatic heterocycles. The van der Waals surface area contributed by atoms with Gasteiger partial charge in [0.15, 0.2) is 0 Å². The number of carbonyl (C=O) groups is 2. The van der Waals surface area contributed by atoms with Gasteiger partial charge in [0.2, 0.25) is 0 Å². The Bertz CT molecular complexity index is 1380. The average molecular weight is 527 g/mol. The second-order valence-corrected chi connectivity index (χ2v) is 8.44. The highest BCUT2D eigenvalue weighted by molar-refractivity contribution is 6.46. The first-order chi connectivity index (χ1) is 18.1. The van der Waals surface area contributed by atoms with Gasteiger partial charge in [-0.2, -0.15) is 13.2 Å². The molecule has 7 nitrogen and oxygen atoms in total. The summed E-state index contributed by atoms with van der Waals surface area (Å²) in [6.45, 7) is -0.314. The molecular weight excluding hydrogens is 503 g/mol. The van der Waals surface area contributed by atoms with Crippen LogP contribution in [0.4, 0.5) is 13.2 Å². The van der Waals surface area contributed by atoms with E-state index < -0.39 is 35.2 Å². The normalized spacial score (nSPS) is 17.0. The molecule has 1 atom stereocenters. The van der Waals surface area contributed by atoms with Gasteiger partial charge < -0.3 is 24.2 Å². The quantitative estimate of drug-likeness (QED) is 0.253. The number of hydrogen-bond acceptors (Lipinski definition) is 6. The van der Waals surface area contributed by atoms with Crippen LogP contribution in [-0.4, -0.2) is 43.0 Å². The molecule has 0 aromatic heterocycles. The lowest BCUT2D eigenvalue weighted by molar-refractivity contribution is -0.140. The summed E-state index contributed by atoms with van der Waals surface area (Å²) in [6.07, 6.45) is -4.58. The molecule has 10 heteroatoms. The van der Waals surface area contributed by atoms with Crippen molar-refractivity contribution in [2.45, 2.75) is 18.8 Å². The molecule has 38 heavy (non-hydrogen) atoms. The first-order valence-electron chi connectivity index (χ1n) is 11.4. The Labute approximate surface area is 216 Å². The van der Waals surface area contributed by atoms with Crippen molar-refractivity contribution in [1.82, 2.24) is 4.90 Å². The highest BCUT2D eigenvalue weighted by Gasteiger charge is 2.47. The van der Waals surface area contributed by atoms with E-state index in [2.05, 4.69) is 0 Å². The van der Waals surface area contributed by atoms with Gasteiger partial charge in [0.05, 0.1) is 38.5 Å². The number of likely N-dealkylation sites (tertiary alicyclic amines) is 1. The van der Waals surface area contributed by atoms with Gasteiger partial charge in [0, 0.05) is 6.54 Å². The summed E-state index contributed by atoms with van der Waals surface area (Å²) in [4.78, 5) is 27.8. The van der Waals surface area contributed by atoms with Crippen LogP contribution in [0.15, 0.2) is 72.3 Å². The molecular formula is C28H24F3NO6. The number of aliphatic hydroxyl groups is 1. The molecule has 3 aromatic rings. The van der Waals surface area contributed by atoms with Crippen LogP contribution in [0.3, 0.4) is 0 Å². The van der Waals surface area contributed by atoms with Gasteiger partial charge in [-0.15, -0.1) is 0 Å². The molecule has 3 aromatic carbocycles. The molecule has 0 aliphatic carbocycles. The highest BCUT2D eigenvalue weighted by Crippen LogP contribution is 2.44. The number of ketones is 1. The Hall–Kier alpha value is -4.47. The number of carbonyl (C=O) groups excluding carboxylic acids is 2. The molecule has 1 aliphatic rings. The van der Waals surface area contributed by atoms with Gasteiger partial charge in [-0.1, -0.05) is 30.3 Å². The summed E-state index contributed by atoms with van der Waals surface area (Å²) in [5.74, 6) is -1.61. The number of amides is 1. The van der Waals surface area contributed by atoms with Crippen molar-refractivity contribution in [2.75, 3.05) is 21.3 Å². The van der Waals surface area contributed by atoms with Crippen LogP contribution < -0.4 is 14.2 Å². The van der Waals surface area contributed by atoms with Crippen molar-refractivity contribution >= 4 is 17.4 Å². The predicted molar refractivity (Wildman–Crippen MR) is 132 cm³/mol. The molecule has 1 unspecified atom stereocenters. The highest BCUT2D eigenvalue weighted by atomic mass is 19.4. The number of nitrogens with zero attached hydrogens (tertiary/aromatic N) is 1. The summed E-state index contributed by atoms with van der Waals surface area (Å²) in [7, 11) is 4.22. The predicted octanol–water partition coefficient (Wildman–Crippen LogP) is 5.35. The molecule has 0 radical (unpaired) electrons. The van der Waals surface area contributed by atoms with Crippen molar-refractivity contribution in [3.8, 4) is 17.2 Å². The third-order valence-electron chi connectivity index (χ3n) is 6.24. The number of ether oxygens (including phenoxy) is 3. The van der Waals surface area contributed by atoms with E-state index in [1.165, 1.54) is 33.5 Å². The monoisotopic (exact) mass is 527 g/mol. The second-order valence-electron chi connectivity index (χ2n) is 8.44. The SMILES string of the molecule is COc1ccc(C2/C(=C(\O)c3c(OC)cccc3OC)C(=O)C(=O)N2Cc2cccc(C(F)(F)F)c2)cc1. The molecule has 1 amide bonds. The van der Waals surface area contributed by atoms with E-state index >= 15 is 0 Å². The first kappa shape index (κ1) is 26.6. The van der Waals surface area contributed by atoms with Gasteiger partial charge in [-0.25, -0.2) is 0 Å². The number of aliphatic hydroxyl groups excluding tert-OH is 1. The third-order valence-corrected chi connectivity index (χ3v) is 6.24. The summed E-state index contributed by atoms with van der Waals surface area (Å²) >= 11 is 0. The Morgan fingerprint density at radius 3 is 2.05 bits per heavy atom. The maximum absolute atomic E-state index is 13.4. The van der Waals surface area contributed by atoms with E-state index in [0.29, 0.717) is 11.3 Å². The number of Topliss-reactive ketones (excluding diaryl/α,β-unsaturated/α-hetero) is 1. The molecule has 1 N–H and O–H groups in total. The Kier molecular flexibility index (Phi) is 7.34. The lowest BCUT2D eigenvalue weighted by Crippen LogP contribution is -2.29. The number of hydrogen-bond donors (Lipinski definition) is 1. The summed E-state index contributed by atoms with van der Waals surface area (Å²) in [6, 6.07) is 14.6. The zero-order chi connectivity index (χ0) is 27.6. The van der Waals surface area contributed by atoms with E-state index in [0.717, 1.165) is 17.0 Å². The van der Waals surface area contributed by atoms with Crippen molar-refractivity contribution in [3.63, 3.8) is 0 Å². The largest absolute Gasteiger partial charge is 0.506 e. The van der Waals surface area contributed by atoms with Crippen molar-refractivity contribution in [1.29, 1.82) is 0 Å². The first-order valence-corrected chi connectivity index (χ1v) is 11.4.